The monoisotopic (exact) mass is 516 g/mol. The highest BCUT2D eigenvalue weighted by atomic mass is 19.4. The van der Waals surface area contributed by atoms with Crippen LogP contribution in [0.25, 0.3) is 0 Å². The summed E-state index contributed by atoms with van der Waals surface area (Å²) >= 11 is 0. The zero-order chi connectivity index (χ0) is 25.6. The van der Waals surface area contributed by atoms with E-state index in [9.17, 15) is 18.0 Å². The van der Waals surface area contributed by atoms with Crippen LogP contribution >= 0.6 is 0 Å². The molecule has 4 aliphatic carbocycles. The van der Waals surface area contributed by atoms with Gasteiger partial charge in [-0.05, 0) is 86.0 Å². The average molecular weight is 517 g/mol. The van der Waals surface area contributed by atoms with Gasteiger partial charge in [-0.2, -0.15) is 0 Å². The molecule has 0 radical (unpaired) electrons. The molecule has 1 amide bonds. The largest absolute Gasteiger partial charge is 0.573 e. The van der Waals surface area contributed by atoms with Gasteiger partial charge in [0.1, 0.15) is 24.0 Å². The molecular formula is C27H31F3N4O3. The molecule has 0 spiro atoms. The van der Waals surface area contributed by atoms with Crippen molar-refractivity contribution in [1.29, 1.82) is 0 Å². The number of carbonyl (C=O) groups is 1. The number of amides is 1. The standard InChI is InChI=1S/C27H31F3N4O3/c28-27(29,30)37-21-3-1-20(2-4-21)36-14-24(35)34-6-5-22-23(13-34)32-16-33-25(22)31-15-26-10-17-7-18(11-26)9-19(8-17)12-26/h1-5,13,17-19,32H,6-12,14-16H2,(H,31,33). The van der Waals surface area contributed by atoms with Gasteiger partial charge in [0, 0.05) is 24.9 Å². The van der Waals surface area contributed by atoms with Gasteiger partial charge in [-0.3, -0.25) is 4.79 Å². The Kier molecular flexibility index (Phi) is 6.07. The van der Waals surface area contributed by atoms with E-state index in [1.54, 1.807) is 11.1 Å². The highest BCUT2D eigenvalue weighted by molar-refractivity contribution is 6.03. The number of alkyl halides is 3. The summed E-state index contributed by atoms with van der Waals surface area (Å²) in [6.07, 6.45) is 7.29. The fraction of sp³-hybridized carbons (Fsp3) is 0.556. The molecule has 1 aromatic rings. The van der Waals surface area contributed by atoms with E-state index >= 15 is 0 Å². The van der Waals surface area contributed by atoms with Gasteiger partial charge in [0.2, 0.25) is 0 Å². The predicted molar refractivity (Wildman–Crippen MR) is 131 cm³/mol. The highest BCUT2D eigenvalue weighted by Crippen LogP contribution is 2.59. The van der Waals surface area contributed by atoms with Gasteiger partial charge in [0.05, 0.1) is 5.70 Å². The number of aliphatic imine (C=N–C) groups is 1. The minimum atomic E-state index is -4.76. The van der Waals surface area contributed by atoms with Crippen LogP contribution in [-0.4, -0.2) is 49.4 Å². The Balaban J connectivity index is 1.03. The Bertz CT molecular complexity index is 1110. The van der Waals surface area contributed by atoms with E-state index in [0.717, 1.165) is 53.5 Å². The molecule has 6 aliphatic rings. The molecule has 0 atom stereocenters. The number of ether oxygens (including phenoxy) is 2. The lowest BCUT2D eigenvalue weighted by molar-refractivity contribution is -0.274. The SMILES string of the molecule is O=C(COc1ccc(OC(F)(F)F)cc1)N1C=C2NCN=C(NCC34CC5CC(CC(C5)C3)C4)C2=CC1. The van der Waals surface area contributed by atoms with Gasteiger partial charge in [-0.25, -0.2) is 4.99 Å². The quantitative estimate of drug-likeness (QED) is 0.589. The van der Waals surface area contributed by atoms with Crippen LogP contribution in [0.1, 0.15) is 38.5 Å². The van der Waals surface area contributed by atoms with Gasteiger partial charge in [0.15, 0.2) is 6.61 Å². The first-order valence-corrected chi connectivity index (χ1v) is 13.0. The molecule has 0 aromatic heterocycles. The number of fused-ring (bicyclic) bond motifs is 1. The van der Waals surface area contributed by atoms with Gasteiger partial charge in [0.25, 0.3) is 5.91 Å². The van der Waals surface area contributed by atoms with E-state index in [-0.39, 0.29) is 24.0 Å². The Labute approximate surface area is 213 Å². The maximum Gasteiger partial charge on any atom is 0.573 e. The van der Waals surface area contributed by atoms with E-state index in [0.29, 0.717) is 18.6 Å². The fourth-order valence-electron chi connectivity index (χ4n) is 7.30. The lowest BCUT2D eigenvalue weighted by Gasteiger charge is -2.57. The first kappa shape index (κ1) is 24.2. The number of amidine groups is 1. The smallest absolute Gasteiger partial charge is 0.484 e. The molecule has 198 valence electrons. The molecule has 2 aliphatic heterocycles. The number of rotatable bonds is 6. The normalized spacial score (nSPS) is 30.0. The van der Waals surface area contributed by atoms with Crippen LogP contribution in [0.2, 0.25) is 0 Å². The lowest BCUT2D eigenvalue weighted by Crippen LogP contribution is -2.52. The molecule has 7 nitrogen and oxygen atoms in total. The molecule has 37 heavy (non-hydrogen) atoms. The van der Waals surface area contributed by atoms with Crippen LogP contribution in [0.5, 0.6) is 11.5 Å². The van der Waals surface area contributed by atoms with Gasteiger partial charge < -0.3 is 25.0 Å². The minimum Gasteiger partial charge on any atom is -0.484 e. The van der Waals surface area contributed by atoms with E-state index < -0.39 is 6.36 Å². The van der Waals surface area contributed by atoms with Crippen molar-refractivity contribution in [2.24, 2.45) is 28.2 Å². The average Bonchev–Trinajstić information content (AvgIpc) is 2.85. The van der Waals surface area contributed by atoms with Gasteiger partial charge in [-0.1, -0.05) is 6.08 Å². The summed E-state index contributed by atoms with van der Waals surface area (Å²) in [5, 5.41) is 6.93. The molecule has 2 N–H and O–H groups in total. The Morgan fingerprint density at radius 2 is 1.73 bits per heavy atom. The summed E-state index contributed by atoms with van der Waals surface area (Å²) in [6.45, 7) is 1.55. The third-order valence-corrected chi connectivity index (χ3v) is 8.36. The highest BCUT2D eigenvalue weighted by Gasteiger charge is 2.50. The first-order chi connectivity index (χ1) is 17.7. The number of carbonyl (C=O) groups excluding carboxylic acids is 1. The molecule has 0 unspecified atom stereocenters. The second-order valence-electron chi connectivity index (χ2n) is 11.1. The minimum absolute atomic E-state index is 0.238. The number of hydrogen-bond acceptors (Lipinski definition) is 6. The lowest BCUT2D eigenvalue weighted by atomic mass is 9.49. The van der Waals surface area contributed by atoms with Crippen molar-refractivity contribution < 1.29 is 27.4 Å². The molecule has 4 fully saturated rings. The van der Waals surface area contributed by atoms with Crippen LogP contribution in [0, 0.1) is 23.2 Å². The summed E-state index contributed by atoms with van der Waals surface area (Å²) in [5.41, 5.74) is 2.23. The Hall–Kier alpha value is -3.17. The molecule has 2 heterocycles. The van der Waals surface area contributed by atoms with Crippen molar-refractivity contribution in [1.82, 2.24) is 15.5 Å². The maximum atomic E-state index is 12.7. The van der Waals surface area contributed by atoms with Gasteiger partial charge in [-0.15, -0.1) is 13.2 Å². The number of nitrogens with zero attached hydrogens (tertiary/aromatic N) is 2. The summed E-state index contributed by atoms with van der Waals surface area (Å²) in [7, 11) is 0. The third-order valence-electron chi connectivity index (χ3n) is 8.36. The van der Waals surface area contributed by atoms with Crippen LogP contribution < -0.4 is 20.1 Å². The zero-order valence-electron chi connectivity index (χ0n) is 20.5. The summed E-state index contributed by atoms with van der Waals surface area (Å²) < 4.78 is 46.3. The number of benzene rings is 1. The van der Waals surface area contributed by atoms with Crippen LogP contribution in [0.4, 0.5) is 13.2 Å². The van der Waals surface area contributed by atoms with E-state index in [1.165, 1.54) is 50.7 Å². The number of nitrogens with one attached hydrogen (secondary N) is 2. The molecule has 4 saturated carbocycles. The van der Waals surface area contributed by atoms with Crippen molar-refractivity contribution >= 4 is 11.7 Å². The Morgan fingerprint density at radius 1 is 1.08 bits per heavy atom. The number of hydrogen-bond donors (Lipinski definition) is 2. The first-order valence-electron chi connectivity index (χ1n) is 13.0. The zero-order valence-corrected chi connectivity index (χ0v) is 20.5. The predicted octanol–water partition coefficient (Wildman–Crippen LogP) is 4.34. The Morgan fingerprint density at radius 3 is 2.38 bits per heavy atom. The van der Waals surface area contributed by atoms with E-state index in [4.69, 9.17) is 4.74 Å². The fourth-order valence-corrected chi connectivity index (χ4v) is 7.30. The molecule has 7 rings (SSSR count). The van der Waals surface area contributed by atoms with Crippen molar-refractivity contribution in [2.45, 2.75) is 44.9 Å². The molecule has 4 bridgehead atoms. The topological polar surface area (TPSA) is 75.2 Å². The van der Waals surface area contributed by atoms with Crippen molar-refractivity contribution in [3.8, 4) is 11.5 Å². The van der Waals surface area contributed by atoms with E-state index in [2.05, 4.69) is 20.4 Å². The van der Waals surface area contributed by atoms with E-state index in [1.807, 2.05) is 6.08 Å². The van der Waals surface area contributed by atoms with Crippen molar-refractivity contribution in [3.63, 3.8) is 0 Å². The number of halogens is 3. The molecule has 0 saturated heterocycles. The summed E-state index contributed by atoms with van der Waals surface area (Å²) in [6, 6.07) is 4.96. The van der Waals surface area contributed by atoms with Gasteiger partial charge >= 0.3 is 6.36 Å². The summed E-state index contributed by atoms with van der Waals surface area (Å²) in [4.78, 5) is 19.0. The third kappa shape index (κ3) is 5.29. The molecule has 10 heteroatoms. The summed E-state index contributed by atoms with van der Waals surface area (Å²) in [5.74, 6) is 3.28. The van der Waals surface area contributed by atoms with Crippen molar-refractivity contribution in [3.05, 3.63) is 47.8 Å². The van der Waals surface area contributed by atoms with Crippen LogP contribution in [-0.2, 0) is 4.79 Å². The maximum absolute atomic E-state index is 12.7. The van der Waals surface area contributed by atoms with Crippen LogP contribution in [0.15, 0.2) is 52.8 Å². The molecular weight excluding hydrogens is 485 g/mol. The van der Waals surface area contributed by atoms with Crippen molar-refractivity contribution in [2.75, 3.05) is 26.4 Å². The molecule has 1 aromatic carbocycles. The van der Waals surface area contributed by atoms with Crippen LogP contribution in [0.3, 0.4) is 0 Å². The second kappa shape index (κ2) is 9.29. The second-order valence-corrected chi connectivity index (χ2v) is 11.1.